The second-order valence-corrected chi connectivity index (χ2v) is 3.06. The van der Waals surface area contributed by atoms with Crippen LogP contribution in [0.15, 0.2) is 23.7 Å². The number of fused-ring (bicyclic) bond motifs is 1. The van der Waals surface area contributed by atoms with Crippen molar-refractivity contribution in [2.45, 2.75) is 6.92 Å². The van der Waals surface area contributed by atoms with Crippen LogP contribution in [0.2, 0.25) is 0 Å². The van der Waals surface area contributed by atoms with E-state index in [9.17, 15) is 9.59 Å². The normalized spacial score (nSPS) is 19.0. The lowest BCUT2D eigenvalue weighted by Gasteiger charge is -2.21. The molecular weight excluding hydrogens is 198 g/mol. The van der Waals surface area contributed by atoms with E-state index in [1.807, 2.05) is 0 Å². The van der Waals surface area contributed by atoms with E-state index in [2.05, 4.69) is 10.7 Å². The first-order valence-corrected chi connectivity index (χ1v) is 4.64. The molecule has 0 aliphatic carbocycles. The summed E-state index contributed by atoms with van der Waals surface area (Å²) >= 11 is 0. The lowest BCUT2D eigenvalue weighted by atomic mass is 10.2. The summed E-state index contributed by atoms with van der Waals surface area (Å²) in [6.07, 6.45) is 2.95. The third kappa shape index (κ3) is 1.71. The first-order chi connectivity index (χ1) is 7.22. The number of nitrogens with zero attached hydrogens (tertiary/aromatic N) is 1. The first-order valence-electron chi connectivity index (χ1n) is 4.64. The molecule has 0 unspecified atom stereocenters. The molecule has 2 N–H and O–H groups in total. The van der Waals surface area contributed by atoms with Crippen LogP contribution in [0.5, 0.6) is 0 Å². The van der Waals surface area contributed by atoms with Gasteiger partial charge in [-0.1, -0.05) is 0 Å². The molecule has 15 heavy (non-hydrogen) atoms. The SMILES string of the molecule is CCOC(=O)C1=C2NC(=O)C=CN2NC1. The van der Waals surface area contributed by atoms with Crippen LogP contribution in [-0.4, -0.2) is 30.0 Å². The summed E-state index contributed by atoms with van der Waals surface area (Å²) in [7, 11) is 0. The van der Waals surface area contributed by atoms with Gasteiger partial charge in [0.1, 0.15) is 5.82 Å². The molecule has 0 radical (unpaired) electrons. The maximum Gasteiger partial charge on any atom is 0.339 e. The van der Waals surface area contributed by atoms with Crippen LogP contribution < -0.4 is 10.7 Å². The third-order valence-electron chi connectivity index (χ3n) is 2.09. The van der Waals surface area contributed by atoms with Crippen LogP contribution in [-0.2, 0) is 14.3 Å². The molecular formula is C9H11N3O3. The van der Waals surface area contributed by atoms with Crippen molar-refractivity contribution in [1.29, 1.82) is 0 Å². The summed E-state index contributed by atoms with van der Waals surface area (Å²) in [6, 6.07) is 0. The number of hydrazine groups is 1. The number of amides is 1. The van der Waals surface area contributed by atoms with Crippen LogP contribution in [0.4, 0.5) is 0 Å². The second kappa shape index (κ2) is 3.74. The smallest absolute Gasteiger partial charge is 0.339 e. The molecule has 0 aromatic carbocycles. The predicted molar refractivity (Wildman–Crippen MR) is 50.8 cm³/mol. The van der Waals surface area contributed by atoms with Gasteiger partial charge in [-0.05, 0) is 6.92 Å². The summed E-state index contributed by atoms with van der Waals surface area (Å²) in [6.45, 7) is 2.42. The van der Waals surface area contributed by atoms with Crippen LogP contribution in [0.1, 0.15) is 6.92 Å². The van der Waals surface area contributed by atoms with Crippen molar-refractivity contribution in [3.8, 4) is 0 Å². The average Bonchev–Trinajstić information content (AvgIpc) is 2.60. The Labute approximate surface area is 86.5 Å². The van der Waals surface area contributed by atoms with E-state index < -0.39 is 5.97 Å². The molecule has 0 aromatic heterocycles. The molecule has 0 saturated heterocycles. The van der Waals surface area contributed by atoms with Gasteiger partial charge in [0.05, 0.1) is 18.7 Å². The van der Waals surface area contributed by atoms with E-state index in [1.165, 1.54) is 6.08 Å². The van der Waals surface area contributed by atoms with Gasteiger partial charge >= 0.3 is 5.97 Å². The van der Waals surface area contributed by atoms with Crippen molar-refractivity contribution in [3.63, 3.8) is 0 Å². The molecule has 0 spiro atoms. The van der Waals surface area contributed by atoms with Crippen LogP contribution >= 0.6 is 0 Å². The summed E-state index contributed by atoms with van der Waals surface area (Å²) in [5, 5.41) is 4.18. The highest BCUT2D eigenvalue weighted by Crippen LogP contribution is 2.16. The van der Waals surface area contributed by atoms with Gasteiger partial charge < -0.3 is 10.1 Å². The first kappa shape index (κ1) is 9.72. The third-order valence-corrected chi connectivity index (χ3v) is 2.09. The molecule has 0 aromatic rings. The minimum Gasteiger partial charge on any atom is -0.462 e. The highest BCUT2D eigenvalue weighted by atomic mass is 16.5. The summed E-state index contributed by atoms with van der Waals surface area (Å²) < 4.78 is 4.87. The molecule has 0 saturated carbocycles. The van der Waals surface area contributed by atoms with E-state index in [1.54, 1.807) is 18.1 Å². The standard InChI is InChI=1S/C9H11N3O3/c1-2-15-9(14)6-5-10-12-4-3-7(13)11-8(6)12/h3-4,10H,2,5H2,1H3,(H,11,13). The van der Waals surface area contributed by atoms with Crippen molar-refractivity contribution >= 4 is 11.9 Å². The fourth-order valence-corrected chi connectivity index (χ4v) is 1.42. The Kier molecular flexibility index (Phi) is 2.42. The van der Waals surface area contributed by atoms with E-state index in [0.29, 0.717) is 24.5 Å². The molecule has 80 valence electrons. The molecule has 2 rings (SSSR count). The van der Waals surface area contributed by atoms with Crippen molar-refractivity contribution in [3.05, 3.63) is 23.7 Å². The Bertz CT molecular complexity index is 373. The van der Waals surface area contributed by atoms with Gasteiger partial charge in [0.2, 0.25) is 0 Å². The lowest BCUT2D eigenvalue weighted by Crippen LogP contribution is -2.38. The maximum atomic E-state index is 11.5. The fourth-order valence-electron chi connectivity index (χ4n) is 1.42. The molecule has 0 atom stereocenters. The molecule has 2 aliphatic heterocycles. The Balaban J connectivity index is 2.25. The quantitative estimate of drug-likeness (QED) is 0.584. The number of hydrogen-bond donors (Lipinski definition) is 2. The lowest BCUT2D eigenvalue weighted by molar-refractivity contribution is -0.138. The Morgan fingerprint density at radius 1 is 1.67 bits per heavy atom. The maximum absolute atomic E-state index is 11.5. The van der Waals surface area contributed by atoms with Crippen molar-refractivity contribution in [2.75, 3.05) is 13.2 Å². The van der Waals surface area contributed by atoms with Gasteiger partial charge in [0.25, 0.3) is 5.91 Å². The zero-order valence-corrected chi connectivity index (χ0v) is 8.24. The van der Waals surface area contributed by atoms with Crippen LogP contribution in [0, 0.1) is 0 Å². The van der Waals surface area contributed by atoms with Gasteiger partial charge in [-0.3, -0.25) is 9.80 Å². The topological polar surface area (TPSA) is 70.7 Å². The number of rotatable bonds is 2. The van der Waals surface area contributed by atoms with Crippen LogP contribution in [0.3, 0.4) is 0 Å². The van der Waals surface area contributed by atoms with Gasteiger partial charge in [-0.2, -0.15) is 0 Å². The number of hydrogen-bond acceptors (Lipinski definition) is 5. The summed E-state index contributed by atoms with van der Waals surface area (Å²) in [5.74, 6) is -0.189. The average molecular weight is 209 g/mol. The number of carbonyl (C=O) groups excluding carboxylic acids is 2. The van der Waals surface area contributed by atoms with Gasteiger partial charge in [0, 0.05) is 12.3 Å². The second-order valence-electron chi connectivity index (χ2n) is 3.06. The monoisotopic (exact) mass is 209 g/mol. The number of carbonyl (C=O) groups is 2. The number of ether oxygens (including phenoxy) is 1. The van der Waals surface area contributed by atoms with Gasteiger partial charge in [-0.15, -0.1) is 0 Å². The fraction of sp³-hybridized carbons (Fsp3) is 0.333. The predicted octanol–water partition coefficient (Wildman–Crippen LogP) is -0.775. The number of esters is 1. The highest BCUT2D eigenvalue weighted by molar-refractivity contribution is 5.95. The molecule has 6 heteroatoms. The largest absolute Gasteiger partial charge is 0.462 e. The highest BCUT2D eigenvalue weighted by Gasteiger charge is 2.29. The molecule has 2 aliphatic rings. The van der Waals surface area contributed by atoms with Gasteiger partial charge in [-0.25, -0.2) is 10.2 Å². The Morgan fingerprint density at radius 2 is 2.47 bits per heavy atom. The van der Waals surface area contributed by atoms with Crippen molar-refractivity contribution in [1.82, 2.24) is 15.8 Å². The molecule has 2 heterocycles. The van der Waals surface area contributed by atoms with E-state index in [4.69, 9.17) is 4.74 Å². The van der Waals surface area contributed by atoms with Crippen LogP contribution in [0.25, 0.3) is 0 Å². The molecule has 1 amide bonds. The van der Waals surface area contributed by atoms with Crippen molar-refractivity contribution in [2.24, 2.45) is 0 Å². The zero-order chi connectivity index (χ0) is 10.8. The Morgan fingerprint density at radius 3 is 3.20 bits per heavy atom. The van der Waals surface area contributed by atoms with Crippen molar-refractivity contribution < 1.29 is 14.3 Å². The Hall–Kier alpha value is -1.82. The molecule has 0 fully saturated rings. The minimum atomic E-state index is -0.405. The molecule has 6 nitrogen and oxygen atoms in total. The zero-order valence-electron chi connectivity index (χ0n) is 8.24. The van der Waals surface area contributed by atoms with E-state index >= 15 is 0 Å². The molecule has 0 bridgehead atoms. The number of nitrogens with one attached hydrogen (secondary N) is 2. The summed E-state index contributed by atoms with van der Waals surface area (Å²) in [5.41, 5.74) is 3.36. The van der Waals surface area contributed by atoms with E-state index in [-0.39, 0.29) is 5.91 Å². The van der Waals surface area contributed by atoms with Gasteiger partial charge in [0.15, 0.2) is 0 Å². The summed E-state index contributed by atoms with van der Waals surface area (Å²) in [4.78, 5) is 22.6. The van der Waals surface area contributed by atoms with E-state index in [0.717, 1.165) is 0 Å². The minimum absolute atomic E-state index is 0.244.